The van der Waals surface area contributed by atoms with E-state index in [0.717, 1.165) is 25.0 Å². The Labute approximate surface area is 168 Å². The van der Waals surface area contributed by atoms with Crippen LogP contribution in [0.25, 0.3) is 0 Å². The first-order valence-electron chi connectivity index (χ1n) is 10.7. The largest absolute Gasteiger partial charge is 0.300 e. The smallest absolute Gasteiger partial charge is 0.0334 e. The molecule has 146 valence electrons. The molecule has 2 aliphatic rings. The number of hydrogen-bond donors (Lipinski definition) is 0. The van der Waals surface area contributed by atoms with Gasteiger partial charge in [-0.3, -0.25) is 9.88 Å². The molecule has 0 aromatic carbocycles. The van der Waals surface area contributed by atoms with Gasteiger partial charge < -0.3 is 4.90 Å². The quantitative estimate of drug-likeness (QED) is 0.662. The number of pyridine rings is 1. The normalized spacial score (nSPS) is 19.9. The maximum Gasteiger partial charge on any atom is 0.0334 e. The third-order valence-corrected chi connectivity index (χ3v) is 7.48. The monoisotopic (exact) mass is 383 g/mol. The Morgan fingerprint density at radius 2 is 1.93 bits per heavy atom. The van der Waals surface area contributed by atoms with E-state index in [9.17, 15) is 0 Å². The zero-order valence-electron chi connectivity index (χ0n) is 16.6. The van der Waals surface area contributed by atoms with Gasteiger partial charge in [-0.2, -0.15) is 0 Å². The molecule has 0 radical (unpaired) electrons. The van der Waals surface area contributed by atoms with E-state index in [1.807, 2.05) is 23.7 Å². The highest BCUT2D eigenvalue weighted by Crippen LogP contribution is 2.29. The van der Waals surface area contributed by atoms with Crippen molar-refractivity contribution >= 4 is 11.3 Å². The van der Waals surface area contributed by atoms with E-state index < -0.39 is 0 Å². The number of thiophene rings is 1. The van der Waals surface area contributed by atoms with Gasteiger partial charge in [-0.15, -0.1) is 11.3 Å². The summed E-state index contributed by atoms with van der Waals surface area (Å²) in [6.07, 6.45) is 12.4. The lowest BCUT2D eigenvalue weighted by Gasteiger charge is -2.38. The first-order valence-corrected chi connectivity index (χ1v) is 11.5. The molecule has 1 saturated carbocycles. The number of rotatable bonds is 7. The summed E-state index contributed by atoms with van der Waals surface area (Å²) in [6, 6.07) is 7.42. The van der Waals surface area contributed by atoms with E-state index >= 15 is 0 Å². The lowest BCUT2D eigenvalue weighted by atomic mass is 9.94. The van der Waals surface area contributed by atoms with E-state index in [0.29, 0.717) is 0 Å². The first kappa shape index (κ1) is 19.1. The summed E-state index contributed by atoms with van der Waals surface area (Å²) in [7, 11) is 0. The number of aromatic nitrogens is 1. The molecule has 4 rings (SSSR count). The molecule has 2 aromatic heterocycles. The van der Waals surface area contributed by atoms with Crippen LogP contribution < -0.4 is 0 Å². The van der Waals surface area contributed by atoms with Gasteiger partial charge in [0.05, 0.1) is 0 Å². The molecule has 1 aliphatic heterocycles. The van der Waals surface area contributed by atoms with Gasteiger partial charge in [0.1, 0.15) is 0 Å². The highest BCUT2D eigenvalue weighted by molar-refractivity contribution is 7.10. The highest BCUT2D eigenvalue weighted by Gasteiger charge is 2.28. The van der Waals surface area contributed by atoms with Gasteiger partial charge in [-0.25, -0.2) is 0 Å². The fraction of sp³-hybridized carbons (Fsp3) is 0.609. The zero-order chi connectivity index (χ0) is 18.5. The summed E-state index contributed by atoms with van der Waals surface area (Å²) < 4.78 is 0. The van der Waals surface area contributed by atoms with Gasteiger partial charge in [-0.1, -0.05) is 18.9 Å². The van der Waals surface area contributed by atoms with Gasteiger partial charge in [0, 0.05) is 42.9 Å². The van der Waals surface area contributed by atoms with E-state index in [-0.39, 0.29) is 0 Å². The van der Waals surface area contributed by atoms with Crippen LogP contribution in [0.15, 0.2) is 36.0 Å². The molecule has 0 amide bonds. The average molecular weight is 384 g/mol. The molecule has 3 heterocycles. The number of aryl methyl sites for hydroxylation is 1. The van der Waals surface area contributed by atoms with Gasteiger partial charge >= 0.3 is 0 Å². The van der Waals surface area contributed by atoms with Crippen molar-refractivity contribution in [3.63, 3.8) is 0 Å². The molecule has 1 saturated heterocycles. The molecule has 0 N–H and O–H groups in total. The number of piperidine rings is 1. The van der Waals surface area contributed by atoms with Crippen LogP contribution in [0.1, 0.15) is 54.5 Å². The second kappa shape index (κ2) is 9.31. The van der Waals surface area contributed by atoms with Crippen LogP contribution in [0, 0.1) is 12.8 Å². The molecule has 0 bridgehead atoms. The zero-order valence-corrected chi connectivity index (χ0v) is 17.5. The van der Waals surface area contributed by atoms with Crippen molar-refractivity contribution in [2.45, 2.75) is 64.6 Å². The second-order valence-electron chi connectivity index (χ2n) is 8.48. The van der Waals surface area contributed by atoms with E-state index in [1.165, 1.54) is 74.2 Å². The summed E-state index contributed by atoms with van der Waals surface area (Å²) in [5.74, 6) is 0.833. The molecule has 2 fully saturated rings. The number of nitrogens with zero attached hydrogens (tertiary/aromatic N) is 3. The highest BCUT2D eigenvalue weighted by atomic mass is 32.1. The molecule has 4 heteroatoms. The summed E-state index contributed by atoms with van der Waals surface area (Å²) >= 11 is 1.90. The third-order valence-electron chi connectivity index (χ3n) is 6.47. The lowest BCUT2D eigenvalue weighted by Crippen LogP contribution is -2.42. The van der Waals surface area contributed by atoms with Crippen LogP contribution in [0.5, 0.6) is 0 Å². The van der Waals surface area contributed by atoms with Crippen molar-refractivity contribution in [2.24, 2.45) is 5.92 Å². The Bertz CT molecular complexity index is 685. The molecule has 2 aromatic rings. The maximum atomic E-state index is 4.32. The van der Waals surface area contributed by atoms with Crippen molar-refractivity contribution in [3.8, 4) is 0 Å². The van der Waals surface area contributed by atoms with Crippen LogP contribution in [-0.2, 0) is 13.1 Å². The molecule has 0 unspecified atom stereocenters. The SMILES string of the molecule is Cc1ccsc1CN(Cc1cccnc1)CC1CCN(C2CCCC2)CC1. The fourth-order valence-corrected chi connectivity index (χ4v) is 5.79. The van der Waals surface area contributed by atoms with Crippen molar-refractivity contribution in [2.75, 3.05) is 19.6 Å². The lowest BCUT2D eigenvalue weighted by molar-refractivity contribution is 0.107. The second-order valence-corrected chi connectivity index (χ2v) is 9.48. The van der Waals surface area contributed by atoms with E-state index in [2.05, 4.69) is 45.3 Å². The topological polar surface area (TPSA) is 19.4 Å². The van der Waals surface area contributed by atoms with Gasteiger partial charge in [-0.05, 0) is 80.3 Å². The molecule has 1 aliphatic carbocycles. The minimum absolute atomic E-state index is 0.833. The fourth-order valence-electron chi connectivity index (χ4n) is 4.84. The Morgan fingerprint density at radius 3 is 2.59 bits per heavy atom. The Morgan fingerprint density at radius 1 is 1.11 bits per heavy atom. The van der Waals surface area contributed by atoms with Crippen molar-refractivity contribution in [1.82, 2.24) is 14.8 Å². The van der Waals surface area contributed by atoms with Crippen molar-refractivity contribution < 1.29 is 0 Å². The summed E-state index contributed by atoms with van der Waals surface area (Å²) in [5.41, 5.74) is 2.77. The van der Waals surface area contributed by atoms with Crippen molar-refractivity contribution in [3.05, 3.63) is 52.0 Å². The Hall–Kier alpha value is -1.23. The van der Waals surface area contributed by atoms with Crippen molar-refractivity contribution in [1.29, 1.82) is 0 Å². The van der Waals surface area contributed by atoms with Gasteiger partial charge in [0.2, 0.25) is 0 Å². The molecule has 27 heavy (non-hydrogen) atoms. The molecular formula is C23H33N3S. The predicted molar refractivity (Wildman–Crippen MR) is 114 cm³/mol. The molecule has 3 nitrogen and oxygen atoms in total. The summed E-state index contributed by atoms with van der Waals surface area (Å²) in [4.78, 5) is 11.3. The maximum absolute atomic E-state index is 4.32. The van der Waals surface area contributed by atoms with Gasteiger partial charge in [0.15, 0.2) is 0 Å². The minimum Gasteiger partial charge on any atom is -0.300 e. The van der Waals surface area contributed by atoms with Crippen LogP contribution in [0.3, 0.4) is 0 Å². The van der Waals surface area contributed by atoms with E-state index in [1.54, 1.807) is 0 Å². The average Bonchev–Trinajstić information content (AvgIpc) is 3.36. The number of likely N-dealkylation sites (tertiary alicyclic amines) is 1. The summed E-state index contributed by atoms with van der Waals surface area (Å²) in [5, 5.41) is 2.23. The van der Waals surface area contributed by atoms with Crippen LogP contribution >= 0.6 is 11.3 Å². The standard InChI is InChI=1S/C23H33N3S/c1-19-10-14-27-23(19)18-25(17-21-5-4-11-24-15-21)16-20-8-12-26(13-9-20)22-6-2-3-7-22/h4-5,10-11,14-15,20,22H,2-3,6-9,12-13,16-18H2,1H3. The first-order chi connectivity index (χ1) is 13.3. The number of hydrogen-bond acceptors (Lipinski definition) is 4. The molecule has 0 spiro atoms. The molecular weight excluding hydrogens is 350 g/mol. The van der Waals surface area contributed by atoms with Gasteiger partial charge in [0.25, 0.3) is 0 Å². The Kier molecular flexibility index (Phi) is 6.59. The van der Waals surface area contributed by atoms with Crippen LogP contribution in [-0.4, -0.2) is 40.5 Å². The molecule has 0 atom stereocenters. The Balaban J connectivity index is 1.36. The predicted octanol–water partition coefficient (Wildman–Crippen LogP) is 5.11. The minimum atomic E-state index is 0.833. The summed E-state index contributed by atoms with van der Waals surface area (Å²) in [6.45, 7) is 8.16. The van der Waals surface area contributed by atoms with Crippen LogP contribution in [0.2, 0.25) is 0 Å². The third kappa shape index (κ3) is 5.18. The van der Waals surface area contributed by atoms with Crippen LogP contribution in [0.4, 0.5) is 0 Å². The van der Waals surface area contributed by atoms with E-state index in [4.69, 9.17) is 0 Å².